The van der Waals surface area contributed by atoms with E-state index in [9.17, 15) is 4.79 Å². The third-order valence-electron chi connectivity index (χ3n) is 4.17. The smallest absolute Gasteiger partial charge is 0.234 e. The molecule has 0 saturated carbocycles. The third-order valence-corrected chi connectivity index (χ3v) is 4.96. The Balaban J connectivity index is 1.45. The fraction of sp³-hybridized carbons (Fsp3) is 0.471. The molecule has 1 aliphatic rings. The van der Waals surface area contributed by atoms with Crippen molar-refractivity contribution in [2.75, 3.05) is 37.6 Å². The molecule has 1 unspecified atom stereocenters. The number of anilines is 1. The highest BCUT2D eigenvalue weighted by molar-refractivity contribution is 7.09. The van der Waals surface area contributed by atoms with Crippen LogP contribution in [-0.4, -0.2) is 53.5 Å². The summed E-state index contributed by atoms with van der Waals surface area (Å²) in [5.74, 6) is 1.06. The first kappa shape index (κ1) is 16.9. The maximum atomic E-state index is 12.3. The third kappa shape index (κ3) is 4.30. The largest absolute Gasteiger partial charge is 0.354 e. The molecule has 3 heterocycles. The highest BCUT2D eigenvalue weighted by Crippen LogP contribution is 2.16. The molecule has 3 rings (SSSR count). The molecule has 0 bridgehead atoms. The lowest BCUT2D eigenvalue weighted by molar-refractivity contribution is -0.123. The molecule has 1 aliphatic heterocycles. The van der Waals surface area contributed by atoms with Gasteiger partial charge in [-0.3, -0.25) is 9.69 Å². The van der Waals surface area contributed by atoms with E-state index in [4.69, 9.17) is 0 Å². The van der Waals surface area contributed by atoms with E-state index in [1.165, 1.54) is 0 Å². The summed E-state index contributed by atoms with van der Waals surface area (Å²) in [5, 5.41) is 6.07. The molecule has 0 aromatic carbocycles. The Kier molecular flexibility index (Phi) is 5.42. The molecule has 128 valence electrons. The van der Waals surface area contributed by atoms with Crippen LogP contribution in [0.5, 0.6) is 0 Å². The highest BCUT2D eigenvalue weighted by Gasteiger charge is 2.20. The van der Waals surface area contributed by atoms with Crippen molar-refractivity contribution in [3.8, 4) is 0 Å². The van der Waals surface area contributed by atoms with E-state index < -0.39 is 0 Å². The van der Waals surface area contributed by atoms with Gasteiger partial charge in [-0.25, -0.2) is 9.97 Å². The monoisotopic (exact) mass is 345 g/mol. The van der Waals surface area contributed by atoms with Gasteiger partial charge in [0.15, 0.2) is 0 Å². The van der Waals surface area contributed by atoms with Crippen molar-refractivity contribution in [1.82, 2.24) is 20.2 Å². The minimum Gasteiger partial charge on any atom is -0.354 e. The van der Waals surface area contributed by atoms with Crippen molar-refractivity contribution in [2.45, 2.75) is 19.9 Å². The van der Waals surface area contributed by atoms with Crippen LogP contribution in [0.25, 0.3) is 0 Å². The quantitative estimate of drug-likeness (QED) is 0.896. The van der Waals surface area contributed by atoms with Crippen molar-refractivity contribution in [1.29, 1.82) is 0 Å². The molecule has 2 aromatic heterocycles. The van der Waals surface area contributed by atoms with E-state index in [1.807, 2.05) is 43.6 Å². The van der Waals surface area contributed by atoms with E-state index in [2.05, 4.69) is 25.1 Å². The average molecular weight is 345 g/mol. The number of carbonyl (C=O) groups is 1. The van der Waals surface area contributed by atoms with Gasteiger partial charge >= 0.3 is 0 Å². The Morgan fingerprint density at radius 2 is 2.12 bits per heavy atom. The number of pyridine rings is 1. The number of aryl methyl sites for hydroxylation is 1. The fourth-order valence-electron chi connectivity index (χ4n) is 2.82. The average Bonchev–Trinajstić information content (AvgIpc) is 3.03. The number of nitrogens with one attached hydrogen (secondary N) is 1. The molecule has 1 amide bonds. The number of rotatable bonds is 5. The number of amides is 1. The van der Waals surface area contributed by atoms with E-state index >= 15 is 0 Å². The Hall–Kier alpha value is -1.99. The molecule has 1 fully saturated rings. The summed E-state index contributed by atoms with van der Waals surface area (Å²) in [4.78, 5) is 25.5. The predicted molar refractivity (Wildman–Crippen MR) is 96.3 cm³/mol. The summed E-state index contributed by atoms with van der Waals surface area (Å²) in [6, 6.07) is 5.91. The number of aromatic nitrogens is 2. The first-order valence-electron chi connectivity index (χ1n) is 8.21. The lowest BCUT2D eigenvalue weighted by atomic mass is 10.2. The van der Waals surface area contributed by atoms with E-state index in [0.29, 0.717) is 6.54 Å². The van der Waals surface area contributed by atoms with Crippen LogP contribution >= 0.6 is 11.3 Å². The maximum absolute atomic E-state index is 12.3. The zero-order valence-corrected chi connectivity index (χ0v) is 14.9. The van der Waals surface area contributed by atoms with Crippen LogP contribution in [0.3, 0.4) is 0 Å². The van der Waals surface area contributed by atoms with Gasteiger partial charge in [0.1, 0.15) is 5.82 Å². The number of nitrogens with zero attached hydrogens (tertiary/aromatic N) is 4. The Labute approximate surface area is 146 Å². The normalized spacial score (nSPS) is 16.8. The first-order valence-corrected chi connectivity index (χ1v) is 9.09. The van der Waals surface area contributed by atoms with Gasteiger partial charge in [0.25, 0.3) is 0 Å². The van der Waals surface area contributed by atoms with Gasteiger partial charge in [0.05, 0.1) is 23.3 Å². The van der Waals surface area contributed by atoms with Crippen molar-refractivity contribution in [3.05, 3.63) is 40.5 Å². The van der Waals surface area contributed by atoms with E-state index in [-0.39, 0.29) is 11.9 Å². The second-order valence-electron chi connectivity index (χ2n) is 6.03. The van der Waals surface area contributed by atoms with E-state index in [1.54, 1.807) is 11.3 Å². The number of hydrogen-bond donors (Lipinski definition) is 1. The van der Waals surface area contributed by atoms with Crippen molar-refractivity contribution < 1.29 is 4.79 Å². The second-order valence-corrected chi connectivity index (χ2v) is 7.09. The second kappa shape index (κ2) is 7.72. The molecule has 2 aromatic rings. The molecule has 6 nitrogen and oxygen atoms in total. The molecule has 7 heteroatoms. The molecular weight excluding hydrogens is 322 g/mol. The molecule has 1 N–H and O–H groups in total. The van der Waals surface area contributed by atoms with Crippen LogP contribution in [0, 0.1) is 6.92 Å². The zero-order valence-electron chi connectivity index (χ0n) is 14.1. The van der Waals surface area contributed by atoms with Gasteiger partial charge in [0, 0.05) is 37.8 Å². The summed E-state index contributed by atoms with van der Waals surface area (Å²) in [5.41, 5.74) is 0.936. The minimum atomic E-state index is -0.0442. The molecule has 1 saturated heterocycles. The van der Waals surface area contributed by atoms with E-state index in [0.717, 1.165) is 42.7 Å². The number of piperazine rings is 1. The molecule has 1 atom stereocenters. The minimum absolute atomic E-state index is 0.0442. The number of thiazole rings is 1. The summed E-state index contributed by atoms with van der Waals surface area (Å²) in [7, 11) is 0. The van der Waals surface area contributed by atoms with Crippen LogP contribution in [0.1, 0.15) is 23.7 Å². The van der Waals surface area contributed by atoms with Gasteiger partial charge in [0.2, 0.25) is 5.91 Å². The fourth-order valence-corrected chi connectivity index (χ4v) is 3.53. The topological polar surface area (TPSA) is 61.4 Å². The maximum Gasteiger partial charge on any atom is 0.234 e. The lowest BCUT2D eigenvalue weighted by Crippen LogP contribution is -2.49. The predicted octanol–water partition coefficient (Wildman–Crippen LogP) is 1.85. The molecular formula is C17H23N5OS. The number of hydrogen-bond acceptors (Lipinski definition) is 6. The van der Waals surface area contributed by atoms with Crippen LogP contribution in [0.15, 0.2) is 29.8 Å². The van der Waals surface area contributed by atoms with Gasteiger partial charge < -0.3 is 10.2 Å². The van der Waals surface area contributed by atoms with Crippen molar-refractivity contribution >= 4 is 23.1 Å². The Bertz CT molecular complexity index is 667. The Morgan fingerprint density at radius 3 is 2.75 bits per heavy atom. The standard InChI is InChI=1S/C17H23N5OS/c1-13(15-12-24-14(2)20-15)19-17(23)11-21-7-9-22(10-8-21)16-5-3-4-6-18-16/h3-6,12-13H,7-11H2,1-2H3,(H,19,23). The molecule has 0 radical (unpaired) electrons. The van der Waals surface area contributed by atoms with Crippen molar-refractivity contribution in [3.63, 3.8) is 0 Å². The number of carbonyl (C=O) groups excluding carboxylic acids is 1. The Morgan fingerprint density at radius 1 is 1.33 bits per heavy atom. The summed E-state index contributed by atoms with van der Waals surface area (Å²) >= 11 is 1.61. The SMILES string of the molecule is Cc1nc(C(C)NC(=O)CN2CCN(c3ccccn3)CC2)cs1. The summed E-state index contributed by atoms with van der Waals surface area (Å²) in [6.07, 6.45) is 1.82. The highest BCUT2D eigenvalue weighted by atomic mass is 32.1. The van der Waals surface area contributed by atoms with Gasteiger partial charge in [-0.2, -0.15) is 0 Å². The van der Waals surface area contributed by atoms with Crippen LogP contribution in [0.2, 0.25) is 0 Å². The zero-order chi connectivity index (χ0) is 16.9. The summed E-state index contributed by atoms with van der Waals surface area (Å²) in [6.45, 7) is 7.91. The first-order chi connectivity index (χ1) is 11.6. The van der Waals surface area contributed by atoms with Gasteiger partial charge in [-0.05, 0) is 26.0 Å². The van der Waals surface area contributed by atoms with Crippen LogP contribution < -0.4 is 10.2 Å². The summed E-state index contributed by atoms with van der Waals surface area (Å²) < 4.78 is 0. The van der Waals surface area contributed by atoms with Gasteiger partial charge in [-0.15, -0.1) is 11.3 Å². The lowest BCUT2D eigenvalue weighted by Gasteiger charge is -2.35. The molecule has 0 aliphatic carbocycles. The van der Waals surface area contributed by atoms with Crippen LogP contribution in [-0.2, 0) is 4.79 Å². The molecule has 0 spiro atoms. The van der Waals surface area contributed by atoms with Crippen LogP contribution in [0.4, 0.5) is 5.82 Å². The molecule has 24 heavy (non-hydrogen) atoms. The van der Waals surface area contributed by atoms with Gasteiger partial charge in [-0.1, -0.05) is 6.07 Å². The van der Waals surface area contributed by atoms with Crippen molar-refractivity contribution in [2.24, 2.45) is 0 Å².